The van der Waals surface area contributed by atoms with Gasteiger partial charge in [0.2, 0.25) is 0 Å². The Kier molecular flexibility index (Phi) is 6.24. The molecule has 0 spiro atoms. The van der Waals surface area contributed by atoms with Gasteiger partial charge in [0.15, 0.2) is 6.10 Å². The summed E-state index contributed by atoms with van der Waals surface area (Å²) in [6.45, 7) is 0.698. The van der Waals surface area contributed by atoms with Gasteiger partial charge in [-0.1, -0.05) is 42.5 Å². The predicted molar refractivity (Wildman–Crippen MR) is 105 cm³/mol. The van der Waals surface area contributed by atoms with Crippen LogP contribution in [-0.2, 0) is 17.8 Å². The maximum atomic E-state index is 12.6. The molecule has 0 saturated carbocycles. The van der Waals surface area contributed by atoms with Gasteiger partial charge in [-0.25, -0.2) is 4.79 Å². The number of carboxylic acid groups (broad SMARTS) is 1. The van der Waals surface area contributed by atoms with E-state index in [1.165, 1.54) is 0 Å². The Balaban J connectivity index is 1.69. The number of rotatable bonds is 8. The maximum absolute atomic E-state index is 12.6. The largest absolute Gasteiger partial charge is 0.479 e. The number of aromatic nitrogens is 1. The quantitative estimate of drug-likeness (QED) is 0.561. The SMILES string of the molecule is O=C(N[C@H](Cc1ccccc1)[C@@H](O)C(=O)O)c1ccc(Cn2cccc2)cc1. The Labute approximate surface area is 163 Å². The summed E-state index contributed by atoms with van der Waals surface area (Å²) in [5, 5.41) is 21.8. The van der Waals surface area contributed by atoms with Gasteiger partial charge in [0, 0.05) is 24.5 Å². The number of hydrogen-bond acceptors (Lipinski definition) is 3. The molecule has 1 heterocycles. The van der Waals surface area contributed by atoms with Gasteiger partial charge in [-0.3, -0.25) is 4.79 Å². The van der Waals surface area contributed by atoms with Crippen LogP contribution in [0.5, 0.6) is 0 Å². The van der Waals surface area contributed by atoms with Gasteiger partial charge >= 0.3 is 5.97 Å². The zero-order valence-electron chi connectivity index (χ0n) is 15.2. The maximum Gasteiger partial charge on any atom is 0.334 e. The lowest BCUT2D eigenvalue weighted by Gasteiger charge is -2.21. The smallest absolute Gasteiger partial charge is 0.334 e. The molecule has 0 fully saturated rings. The highest BCUT2D eigenvalue weighted by molar-refractivity contribution is 5.94. The van der Waals surface area contributed by atoms with Gasteiger partial charge in [0.25, 0.3) is 5.91 Å². The monoisotopic (exact) mass is 378 g/mol. The van der Waals surface area contributed by atoms with Crippen LogP contribution in [0.15, 0.2) is 79.1 Å². The number of carbonyl (C=O) groups excluding carboxylic acids is 1. The highest BCUT2D eigenvalue weighted by Crippen LogP contribution is 2.10. The van der Waals surface area contributed by atoms with Crippen LogP contribution in [0.2, 0.25) is 0 Å². The lowest BCUT2D eigenvalue weighted by molar-refractivity contribution is -0.148. The van der Waals surface area contributed by atoms with Crippen molar-refractivity contribution >= 4 is 11.9 Å². The second kappa shape index (κ2) is 9.01. The summed E-state index contributed by atoms with van der Waals surface area (Å²) in [5.74, 6) is -1.79. The van der Waals surface area contributed by atoms with Crippen molar-refractivity contribution in [1.82, 2.24) is 9.88 Å². The lowest BCUT2D eigenvalue weighted by atomic mass is 10.0. The molecule has 0 aliphatic rings. The summed E-state index contributed by atoms with van der Waals surface area (Å²) in [6, 6.07) is 19.2. The molecule has 0 aliphatic heterocycles. The summed E-state index contributed by atoms with van der Waals surface area (Å²) in [5.41, 5.74) is 2.28. The standard InChI is InChI=1S/C22H22N2O4/c25-20(22(27)28)19(14-16-6-2-1-3-7-16)23-21(26)18-10-8-17(9-11-18)15-24-12-4-5-13-24/h1-13,19-20,25H,14-15H2,(H,23,26)(H,27,28)/t19-,20-/m1/s1. The van der Waals surface area contributed by atoms with E-state index in [4.69, 9.17) is 5.11 Å². The molecule has 3 aromatic rings. The van der Waals surface area contributed by atoms with E-state index in [0.717, 1.165) is 11.1 Å². The first-order chi connectivity index (χ1) is 13.5. The van der Waals surface area contributed by atoms with Crippen molar-refractivity contribution < 1.29 is 19.8 Å². The molecular formula is C22H22N2O4. The zero-order valence-corrected chi connectivity index (χ0v) is 15.2. The minimum Gasteiger partial charge on any atom is -0.479 e. The number of benzene rings is 2. The number of aliphatic carboxylic acids is 1. The predicted octanol–water partition coefficient (Wildman–Crippen LogP) is 2.32. The highest BCUT2D eigenvalue weighted by atomic mass is 16.4. The fraction of sp³-hybridized carbons (Fsp3) is 0.182. The summed E-state index contributed by atoms with van der Waals surface area (Å²) in [7, 11) is 0. The summed E-state index contributed by atoms with van der Waals surface area (Å²) in [4.78, 5) is 23.8. The number of carbonyl (C=O) groups is 2. The Morgan fingerprint density at radius 1 is 0.893 bits per heavy atom. The lowest BCUT2D eigenvalue weighted by Crippen LogP contribution is -2.48. The Morgan fingerprint density at radius 2 is 1.54 bits per heavy atom. The molecule has 2 aromatic carbocycles. The van der Waals surface area contributed by atoms with Gasteiger partial charge < -0.3 is 20.1 Å². The van der Waals surface area contributed by atoms with E-state index in [1.807, 2.05) is 71.6 Å². The van der Waals surface area contributed by atoms with Crippen molar-refractivity contribution in [2.24, 2.45) is 0 Å². The molecule has 6 heteroatoms. The van der Waals surface area contributed by atoms with E-state index < -0.39 is 24.0 Å². The van der Waals surface area contributed by atoms with E-state index in [2.05, 4.69) is 5.32 Å². The average Bonchev–Trinajstić information content (AvgIpc) is 3.21. The second-order valence-corrected chi connectivity index (χ2v) is 6.61. The van der Waals surface area contributed by atoms with Gasteiger partial charge in [0.1, 0.15) is 0 Å². The average molecular weight is 378 g/mol. The van der Waals surface area contributed by atoms with E-state index in [0.29, 0.717) is 12.1 Å². The molecule has 2 atom stereocenters. The minimum absolute atomic E-state index is 0.214. The molecule has 1 aromatic heterocycles. The topological polar surface area (TPSA) is 91.6 Å². The van der Waals surface area contributed by atoms with Crippen LogP contribution in [0.25, 0.3) is 0 Å². The number of nitrogens with zero attached hydrogens (tertiary/aromatic N) is 1. The molecule has 3 N–H and O–H groups in total. The fourth-order valence-corrected chi connectivity index (χ4v) is 2.98. The van der Waals surface area contributed by atoms with E-state index >= 15 is 0 Å². The van der Waals surface area contributed by atoms with Crippen LogP contribution < -0.4 is 5.32 Å². The van der Waals surface area contributed by atoms with Crippen molar-refractivity contribution in [1.29, 1.82) is 0 Å². The first-order valence-electron chi connectivity index (χ1n) is 8.98. The second-order valence-electron chi connectivity index (χ2n) is 6.61. The molecule has 6 nitrogen and oxygen atoms in total. The molecule has 3 rings (SSSR count). The molecule has 1 amide bonds. The number of carboxylic acids is 1. The first kappa shape index (κ1) is 19.4. The molecule has 0 saturated heterocycles. The third-order valence-corrected chi connectivity index (χ3v) is 4.50. The summed E-state index contributed by atoms with van der Waals surface area (Å²) >= 11 is 0. The van der Waals surface area contributed by atoms with Crippen LogP contribution >= 0.6 is 0 Å². The van der Waals surface area contributed by atoms with E-state index in [9.17, 15) is 14.7 Å². The highest BCUT2D eigenvalue weighted by Gasteiger charge is 2.27. The zero-order chi connectivity index (χ0) is 19.9. The third kappa shape index (κ3) is 5.08. The molecule has 0 radical (unpaired) electrons. The van der Waals surface area contributed by atoms with Gasteiger partial charge in [-0.2, -0.15) is 0 Å². The number of nitrogens with one attached hydrogen (secondary N) is 1. The Bertz CT molecular complexity index is 905. The van der Waals surface area contributed by atoms with E-state index in [1.54, 1.807) is 12.1 Å². The Hall–Kier alpha value is -3.38. The molecule has 144 valence electrons. The third-order valence-electron chi connectivity index (χ3n) is 4.50. The number of aliphatic hydroxyl groups is 1. The van der Waals surface area contributed by atoms with Gasteiger partial charge in [0.05, 0.1) is 6.04 Å². The van der Waals surface area contributed by atoms with Crippen LogP contribution in [0.4, 0.5) is 0 Å². The van der Waals surface area contributed by atoms with Crippen molar-refractivity contribution in [2.75, 3.05) is 0 Å². The van der Waals surface area contributed by atoms with Crippen molar-refractivity contribution in [3.05, 3.63) is 95.8 Å². The Morgan fingerprint density at radius 3 is 2.14 bits per heavy atom. The minimum atomic E-state index is -1.70. The molecule has 28 heavy (non-hydrogen) atoms. The number of hydrogen-bond donors (Lipinski definition) is 3. The van der Waals surface area contributed by atoms with Crippen molar-refractivity contribution in [2.45, 2.75) is 25.1 Å². The van der Waals surface area contributed by atoms with Crippen LogP contribution in [-0.4, -0.2) is 38.8 Å². The first-order valence-corrected chi connectivity index (χ1v) is 8.98. The molecular weight excluding hydrogens is 356 g/mol. The molecule has 0 unspecified atom stereocenters. The van der Waals surface area contributed by atoms with Crippen LogP contribution in [0, 0.1) is 0 Å². The summed E-state index contributed by atoms with van der Waals surface area (Å²) < 4.78 is 2.02. The van der Waals surface area contributed by atoms with Gasteiger partial charge in [-0.15, -0.1) is 0 Å². The normalized spacial score (nSPS) is 12.9. The molecule has 0 bridgehead atoms. The van der Waals surface area contributed by atoms with Crippen molar-refractivity contribution in [3.8, 4) is 0 Å². The number of aliphatic hydroxyl groups excluding tert-OH is 1. The van der Waals surface area contributed by atoms with Crippen molar-refractivity contribution in [3.63, 3.8) is 0 Å². The fourth-order valence-electron chi connectivity index (χ4n) is 2.98. The van der Waals surface area contributed by atoms with Crippen LogP contribution in [0.3, 0.4) is 0 Å². The van der Waals surface area contributed by atoms with Crippen LogP contribution in [0.1, 0.15) is 21.5 Å². The molecule has 0 aliphatic carbocycles. The number of amides is 1. The van der Waals surface area contributed by atoms with E-state index in [-0.39, 0.29) is 6.42 Å². The summed E-state index contributed by atoms with van der Waals surface area (Å²) in [6.07, 6.45) is 2.44. The van der Waals surface area contributed by atoms with Gasteiger partial charge in [-0.05, 0) is 41.8 Å².